The summed E-state index contributed by atoms with van der Waals surface area (Å²) in [6, 6.07) is 0. The van der Waals surface area contributed by atoms with Crippen LogP contribution in [0.5, 0.6) is 0 Å². The van der Waals surface area contributed by atoms with E-state index < -0.39 is 0 Å². The zero-order valence-electron chi connectivity index (χ0n) is 8.62. The molecule has 0 N–H and O–H groups in total. The highest BCUT2D eigenvalue weighted by Crippen LogP contribution is 2.30. The lowest BCUT2D eigenvalue weighted by molar-refractivity contribution is -0.159. The Morgan fingerprint density at radius 1 is 1.62 bits per heavy atom. The molecule has 1 aliphatic heterocycles. The normalized spacial score (nSPS) is 35.0. The van der Waals surface area contributed by atoms with Crippen LogP contribution in [0.25, 0.3) is 0 Å². The molecule has 0 saturated carbocycles. The van der Waals surface area contributed by atoms with E-state index in [1.54, 1.807) is 0 Å². The summed E-state index contributed by atoms with van der Waals surface area (Å²) in [5.41, 5.74) is 0. The van der Waals surface area contributed by atoms with Crippen LogP contribution in [0.2, 0.25) is 0 Å². The SMILES string of the molecule is C/C=C/C1COC(=O)C(CC)C1C. The van der Waals surface area contributed by atoms with Gasteiger partial charge in [0.1, 0.15) is 0 Å². The van der Waals surface area contributed by atoms with E-state index in [9.17, 15) is 4.79 Å². The molecule has 0 bridgehead atoms. The summed E-state index contributed by atoms with van der Waals surface area (Å²) in [5, 5.41) is 0. The first-order valence-electron chi connectivity index (χ1n) is 5.00. The lowest BCUT2D eigenvalue weighted by Crippen LogP contribution is -2.36. The minimum absolute atomic E-state index is 0.0178. The third kappa shape index (κ3) is 2.11. The number of esters is 1. The van der Waals surface area contributed by atoms with Crippen molar-refractivity contribution in [2.45, 2.75) is 27.2 Å². The van der Waals surface area contributed by atoms with Crippen LogP contribution >= 0.6 is 0 Å². The molecule has 3 unspecified atom stereocenters. The Labute approximate surface area is 80.0 Å². The van der Waals surface area contributed by atoms with Crippen molar-refractivity contribution in [3.8, 4) is 0 Å². The van der Waals surface area contributed by atoms with Gasteiger partial charge in [0.15, 0.2) is 0 Å². The average molecular weight is 182 g/mol. The predicted octanol–water partition coefficient (Wildman–Crippen LogP) is 2.40. The molecular formula is C11H18O2. The molecular weight excluding hydrogens is 164 g/mol. The lowest BCUT2D eigenvalue weighted by Gasteiger charge is -2.32. The monoisotopic (exact) mass is 182 g/mol. The number of carbonyl (C=O) groups is 1. The predicted molar refractivity (Wildman–Crippen MR) is 52.2 cm³/mol. The number of carbonyl (C=O) groups excluding carboxylic acids is 1. The van der Waals surface area contributed by atoms with Crippen LogP contribution in [0.4, 0.5) is 0 Å². The van der Waals surface area contributed by atoms with Gasteiger partial charge in [-0.3, -0.25) is 4.79 Å². The Morgan fingerprint density at radius 3 is 2.85 bits per heavy atom. The molecule has 1 saturated heterocycles. The first-order valence-corrected chi connectivity index (χ1v) is 5.00. The molecule has 2 nitrogen and oxygen atoms in total. The molecule has 0 spiro atoms. The Hall–Kier alpha value is -0.790. The Morgan fingerprint density at radius 2 is 2.31 bits per heavy atom. The zero-order valence-corrected chi connectivity index (χ0v) is 8.62. The van der Waals surface area contributed by atoms with Crippen LogP contribution in [0.1, 0.15) is 27.2 Å². The van der Waals surface area contributed by atoms with Gasteiger partial charge in [-0.05, 0) is 19.3 Å². The Balaban J connectivity index is 2.68. The molecule has 1 fully saturated rings. The fourth-order valence-corrected chi connectivity index (χ4v) is 1.97. The second-order valence-corrected chi connectivity index (χ2v) is 3.69. The number of hydrogen-bond donors (Lipinski definition) is 0. The van der Waals surface area contributed by atoms with Crippen LogP contribution in [0, 0.1) is 17.8 Å². The van der Waals surface area contributed by atoms with E-state index >= 15 is 0 Å². The second-order valence-electron chi connectivity index (χ2n) is 3.69. The smallest absolute Gasteiger partial charge is 0.309 e. The van der Waals surface area contributed by atoms with Crippen LogP contribution in [0.3, 0.4) is 0 Å². The maximum absolute atomic E-state index is 11.3. The number of hydrogen-bond acceptors (Lipinski definition) is 2. The molecule has 1 rings (SSSR count). The van der Waals surface area contributed by atoms with Crippen molar-refractivity contribution >= 4 is 5.97 Å². The molecule has 0 aliphatic carbocycles. The summed E-state index contributed by atoms with van der Waals surface area (Å²) < 4.78 is 5.13. The van der Waals surface area contributed by atoms with Crippen LogP contribution in [0.15, 0.2) is 12.2 Å². The molecule has 0 amide bonds. The van der Waals surface area contributed by atoms with Gasteiger partial charge in [-0.15, -0.1) is 0 Å². The minimum atomic E-state index is -0.0178. The van der Waals surface area contributed by atoms with Gasteiger partial charge in [-0.25, -0.2) is 0 Å². The van der Waals surface area contributed by atoms with E-state index in [1.165, 1.54) is 0 Å². The number of allylic oxidation sites excluding steroid dienone is 1. The fraction of sp³-hybridized carbons (Fsp3) is 0.727. The maximum Gasteiger partial charge on any atom is 0.309 e. The van der Waals surface area contributed by atoms with Gasteiger partial charge >= 0.3 is 5.97 Å². The van der Waals surface area contributed by atoms with Gasteiger partial charge in [-0.2, -0.15) is 0 Å². The third-order valence-electron chi connectivity index (χ3n) is 2.91. The number of ether oxygens (including phenoxy) is 1. The molecule has 3 atom stereocenters. The van der Waals surface area contributed by atoms with Crippen molar-refractivity contribution < 1.29 is 9.53 Å². The zero-order chi connectivity index (χ0) is 9.84. The first kappa shape index (κ1) is 10.3. The van der Waals surface area contributed by atoms with Gasteiger partial charge in [0.05, 0.1) is 12.5 Å². The Bertz CT molecular complexity index is 208. The summed E-state index contributed by atoms with van der Waals surface area (Å²) in [7, 11) is 0. The van der Waals surface area contributed by atoms with Crippen molar-refractivity contribution in [1.29, 1.82) is 0 Å². The lowest BCUT2D eigenvalue weighted by atomic mass is 9.80. The highest BCUT2D eigenvalue weighted by atomic mass is 16.5. The van der Waals surface area contributed by atoms with Crippen molar-refractivity contribution in [2.24, 2.45) is 17.8 Å². The van der Waals surface area contributed by atoms with Crippen LogP contribution in [-0.2, 0) is 9.53 Å². The highest BCUT2D eigenvalue weighted by Gasteiger charge is 2.34. The van der Waals surface area contributed by atoms with Crippen LogP contribution < -0.4 is 0 Å². The quantitative estimate of drug-likeness (QED) is 0.484. The van der Waals surface area contributed by atoms with Gasteiger partial charge in [0.25, 0.3) is 0 Å². The molecule has 1 aliphatic rings. The molecule has 2 heteroatoms. The van der Waals surface area contributed by atoms with Crippen molar-refractivity contribution in [2.75, 3.05) is 6.61 Å². The standard InChI is InChI=1S/C11H18O2/c1-4-6-9-7-13-11(12)10(5-2)8(9)3/h4,6,8-10H,5,7H2,1-3H3/b6-4+. The molecule has 0 radical (unpaired) electrons. The van der Waals surface area contributed by atoms with E-state index in [1.807, 2.05) is 19.9 Å². The summed E-state index contributed by atoms with van der Waals surface area (Å²) in [5.74, 6) is 0.904. The summed E-state index contributed by atoms with van der Waals surface area (Å²) in [4.78, 5) is 11.3. The maximum atomic E-state index is 11.3. The number of cyclic esters (lactones) is 1. The van der Waals surface area contributed by atoms with Gasteiger partial charge in [-0.1, -0.05) is 26.0 Å². The van der Waals surface area contributed by atoms with Crippen molar-refractivity contribution in [1.82, 2.24) is 0 Å². The third-order valence-corrected chi connectivity index (χ3v) is 2.91. The molecule has 74 valence electrons. The van der Waals surface area contributed by atoms with Crippen LogP contribution in [-0.4, -0.2) is 12.6 Å². The van der Waals surface area contributed by atoms with E-state index in [0.717, 1.165) is 6.42 Å². The number of rotatable bonds is 2. The molecule has 13 heavy (non-hydrogen) atoms. The van der Waals surface area contributed by atoms with Gasteiger partial charge < -0.3 is 4.74 Å². The second kappa shape index (κ2) is 4.45. The largest absolute Gasteiger partial charge is 0.465 e. The van der Waals surface area contributed by atoms with Gasteiger partial charge in [0.2, 0.25) is 0 Å². The van der Waals surface area contributed by atoms with Crippen molar-refractivity contribution in [3.05, 3.63) is 12.2 Å². The molecule has 0 aromatic rings. The van der Waals surface area contributed by atoms with E-state index in [2.05, 4.69) is 13.0 Å². The van der Waals surface area contributed by atoms with E-state index in [0.29, 0.717) is 18.4 Å². The highest BCUT2D eigenvalue weighted by molar-refractivity contribution is 5.73. The summed E-state index contributed by atoms with van der Waals surface area (Å²) in [6.07, 6.45) is 5.06. The topological polar surface area (TPSA) is 26.3 Å². The summed E-state index contributed by atoms with van der Waals surface area (Å²) >= 11 is 0. The Kier molecular flexibility index (Phi) is 3.52. The van der Waals surface area contributed by atoms with Gasteiger partial charge in [0, 0.05) is 5.92 Å². The first-order chi connectivity index (χ1) is 6.20. The van der Waals surface area contributed by atoms with Crippen molar-refractivity contribution in [3.63, 3.8) is 0 Å². The average Bonchev–Trinajstić information content (AvgIpc) is 2.11. The fourth-order valence-electron chi connectivity index (χ4n) is 1.97. The molecule has 0 aromatic heterocycles. The molecule has 1 heterocycles. The van der Waals surface area contributed by atoms with E-state index in [4.69, 9.17) is 4.74 Å². The van der Waals surface area contributed by atoms with E-state index in [-0.39, 0.29) is 11.9 Å². The molecule has 0 aromatic carbocycles. The summed E-state index contributed by atoms with van der Waals surface area (Å²) in [6.45, 7) is 6.74. The minimum Gasteiger partial charge on any atom is -0.465 e.